The zero-order valence-electron chi connectivity index (χ0n) is 21.6. The molecule has 5 heterocycles. The average molecular weight is 541 g/mol. The van der Waals surface area contributed by atoms with Crippen molar-refractivity contribution in [1.29, 1.82) is 0 Å². The SMILES string of the molecule is Cc1ccc(-c2cccc3[nH]c(-c4n[nH]c5ccc(-c6cncc(NC(=O)Cc7ccccc7)c6)nc45)cc23)s1. The van der Waals surface area contributed by atoms with E-state index in [-0.39, 0.29) is 5.91 Å². The summed E-state index contributed by atoms with van der Waals surface area (Å²) in [7, 11) is 0. The normalized spacial score (nSPS) is 11.3. The van der Waals surface area contributed by atoms with Crippen molar-refractivity contribution in [1.82, 2.24) is 25.1 Å². The van der Waals surface area contributed by atoms with Crippen LogP contribution in [-0.4, -0.2) is 31.1 Å². The molecule has 0 aliphatic carbocycles. The van der Waals surface area contributed by atoms with Crippen LogP contribution in [0.3, 0.4) is 0 Å². The van der Waals surface area contributed by atoms with Crippen molar-refractivity contribution >= 4 is 44.9 Å². The molecule has 0 spiro atoms. The number of nitrogens with zero attached hydrogens (tertiary/aromatic N) is 3. The fraction of sp³-hybridized carbons (Fsp3) is 0.0625. The first-order valence-corrected chi connectivity index (χ1v) is 13.8. The summed E-state index contributed by atoms with van der Waals surface area (Å²) >= 11 is 1.79. The summed E-state index contributed by atoms with van der Waals surface area (Å²) in [5.74, 6) is -0.0958. The van der Waals surface area contributed by atoms with E-state index in [4.69, 9.17) is 4.98 Å². The Kier molecular flexibility index (Phi) is 5.94. The van der Waals surface area contributed by atoms with Crippen molar-refractivity contribution in [2.75, 3.05) is 5.32 Å². The third kappa shape index (κ3) is 4.54. The topological polar surface area (TPSA) is 99.4 Å². The minimum absolute atomic E-state index is 0.0958. The Bertz CT molecular complexity index is 2000. The Labute approximate surface area is 234 Å². The molecular weight excluding hydrogens is 516 g/mol. The van der Waals surface area contributed by atoms with Gasteiger partial charge >= 0.3 is 0 Å². The van der Waals surface area contributed by atoms with E-state index in [1.54, 1.807) is 23.7 Å². The molecule has 0 bridgehead atoms. The summed E-state index contributed by atoms with van der Waals surface area (Å²) < 4.78 is 0. The summed E-state index contributed by atoms with van der Waals surface area (Å²) in [4.78, 5) is 28.0. The predicted octanol–water partition coefficient (Wildman–Crippen LogP) is 7.39. The number of carbonyl (C=O) groups is 1. The number of aryl methyl sites for hydroxylation is 1. The molecule has 0 atom stereocenters. The molecule has 3 N–H and O–H groups in total. The molecular formula is C32H24N6OS. The molecule has 0 fully saturated rings. The van der Waals surface area contributed by atoms with Crippen molar-refractivity contribution in [3.05, 3.63) is 108 Å². The lowest BCUT2D eigenvalue weighted by atomic mass is 10.1. The first-order valence-electron chi connectivity index (χ1n) is 12.9. The Morgan fingerprint density at radius 3 is 2.67 bits per heavy atom. The minimum Gasteiger partial charge on any atom is -0.353 e. The monoisotopic (exact) mass is 540 g/mol. The van der Waals surface area contributed by atoms with Gasteiger partial charge in [-0.3, -0.25) is 14.9 Å². The van der Waals surface area contributed by atoms with Gasteiger partial charge in [-0.25, -0.2) is 4.98 Å². The lowest BCUT2D eigenvalue weighted by Gasteiger charge is -2.07. The number of H-pyrrole nitrogens is 2. The van der Waals surface area contributed by atoms with Gasteiger partial charge in [0, 0.05) is 38.0 Å². The van der Waals surface area contributed by atoms with E-state index >= 15 is 0 Å². The second-order valence-electron chi connectivity index (χ2n) is 9.70. The standard InChI is InChI=1S/C32H24N6OS/c1-19-10-13-29(40-19)23-8-5-9-26-24(23)16-28(35-26)32-31-27(37-38-32)12-11-25(36-31)21-15-22(18-33-17-21)34-30(39)14-20-6-3-2-4-7-20/h2-13,15-18,35H,14H2,1H3,(H,34,39)(H,37,38). The maximum atomic E-state index is 12.6. The Hall–Kier alpha value is -5.08. The number of amides is 1. The second-order valence-corrected chi connectivity index (χ2v) is 11.0. The van der Waals surface area contributed by atoms with E-state index in [0.29, 0.717) is 12.1 Å². The smallest absolute Gasteiger partial charge is 0.228 e. The fourth-order valence-electron chi connectivity index (χ4n) is 4.96. The van der Waals surface area contributed by atoms with E-state index in [1.165, 1.54) is 15.3 Å². The predicted molar refractivity (Wildman–Crippen MR) is 161 cm³/mol. The summed E-state index contributed by atoms with van der Waals surface area (Å²) in [6.07, 6.45) is 3.69. The second kappa shape index (κ2) is 9.91. The minimum atomic E-state index is -0.0958. The van der Waals surface area contributed by atoms with Gasteiger partial charge in [-0.1, -0.05) is 42.5 Å². The largest absolute Gasteiger partial charge is 0.353 e. The molecule has 0 unspecified atom stereocenters. The van der Waals surface area contributed by atoms with Gasteiger partial charge in [0.15, 0.2) is 0 Å². The number of anilines is 1. The molecule has 7 aromatic rings. The van der Waals surface area contributed by atoms with Gasteiger partial charge in [0.1, 0.15) is 11.2 Å². The van der Waals surface area contributed by atoms with Crippen LogP contribution in [-0.2, 0) is 11.2 Å². The molecule has 0 aliphatic heterocycles. The van der Waals surface area contributed by atoms with Crippen molar-refractivity contribution in [2.45, 2.75) is 13.3 Å². The Balaban J connectivity index is 1.21. The van der Waals surface area contributed by atoms with Crippen LogP contribution >= 0.6 is 11.3 Å². The molecule has 40 heavy (non-hydrogen) atoms. The van der Waals surface area contributed by atoms with Gasteiger partial charge in [-0.2, -0.15) is 5.10 Å². The number of nitrogens with one attached hydrogen (secondary N) is 3. The fourth-order valence-corrected chi connectivity index (χ4v) is 5.87. The molecule has 0 aliphatic rings. The number of hydrogen-bond acceptors (Lipinski definition) is 5. The molecule has 0 saturated heterocycles. The molecule has 8 heteroatoms. The number of benzene rings is 2. The highest BCUT2D eigenvalue weighted by Crippen LogP contribution is 2.36. The first kappa shape index (κ1) is 24.0. The number of carbonyl (C=O) groups excluding carboxylic acids is 1. The average Bonchev–Trinajstić information content (AvgIpc) is 3.71. The molecule has 0 radical (unpaired) electrons. The summed E-state index contributed by atoms with van der Waals surface area (Å²) in [5.41, 5.74) is 8.62. The van der Waals surface area contributed by atoms with Crippen LogP contribution < -0.4 is 5.32 Å². The van der Waals surface area contributed by atoms with Crippen LogP contribution in [0.25, 0.3) is 55.0 Å². The maximum absolute atomic E-state index is 12.6. The number of thiophene rings is 1. The molecule has 2 aromatic carbocycles. The van der Waals surface area contributed by atoms with Crippen LogP contribution in [0.15, 0.2) is 97.3 Å². The summed E-state index contributed by atoms with van der Waals surface area (Å²) in [6.45, 7) is 2.12. The highest BCUT2D eigenvalue weighted by atomic mass is 32.1. The maximum Gasteiger partial charge on any atom is 0.228 e. The van der Waals surface area contributed by atoms with Crippen LogP contribution in [0.2, 0.25) is 0 Å². The van der Waals surface area contributed by atoms with Gasteiger partial charge in [0.05, 0.1) is 35.2 Å². The van der Waals surface area contributed by atoms with Crippen LogP contribution in [0.5, 0.6) is 0 Å². The van der Waals surface area contributed by atoms with E-state index in [9.17, 15) is 4.79 Å². The lowest BCUT2D eigenvalue weighted by Crippen LogP contribution is -2.14. The molecule has 194 valence electrons. The summed E-state index contributed by atoms with van der Waals surface area (Å²) in [6, 6.07) is 28.2. The zero-order chi connectivity index (χ0) is 27.1. The van der Waals surface area contributed by atoms with Crippen LogP contribution in [0.1, 0.15) is 10.4 Å². The van der Waals surface area contributed by atoms with Crippen molar-refractivity contribution in [3.63, 3.8) is 0 Å². The van der Waals surface area contributed by atoms with E-state index in [2.05, 4.69) is 68.8 Å². The summed E-state index contributed by atoms with van der Waals surface area (Å²) in [5, 5.41) is 11.8. The number of aromatic nitrogens is 5. The third-order valence-corrected chi connectivity index (χ3v) is 7.89. The number of hydrogen-bond donors (Lipinski definition) is 3. The molecule has 7 nitrogen and oxygen atoms in total. The van der Waals surface area contributed by atoms with Gasteiger partial charge in [-0.05, 0) is 55.0 Å². The van der Waals surface area contributed by atoms with Crippen LogP contribution in [0, 0.1) is 6.92 Å². The number of pyridine rings is 2. The Morgan fingerprint density at radius 1 is 0.925 bits per heavy atom. The van der Waals surface area contributed by atoms with Gasteiger partial charge < -0.3 is 10.3 Å². The van der Waals surface area contributed by atoms with E-state index in [1.807, 2.05) is 48.5 Å². The van der Waals surface area contributed by atoms with Crippen molar-refractivity contribution in [3.8, 4) is 33.1 Å². The van der Waals surface area contributed by atoms with Crippen molar-refractivity contribution < 1.29 is 4.79 Å². The molecule has 5 aromatic heterocycles. The Morgan fingerprint density at radius 2 is 1.82 bits per heavy atom. The highest BCUT2D eigenvalue weighted by Gasteiger charge is 2.16. The number of fused-ring (bicyclic) bond motifs is 2. The third-order valence-electron chi connectivity index (χ3n) is 6.86. The first-order chi connectivity index (χ1) is 19.6. The van der Waals surface area contributed by atoms with Gasteiger partial charge in [0.2, 0.25) is 5.91 Å². The van der Waals surface area contributed by atoms with Gasteiger partial charge in [0.25, 0.3) is 0 Å². The molecule has 1 amide bonds. The highest BCUT2D eigenvalue weighted by molar-refractivity contribution is 7.15. The molecule has 0 saturated carbocycles. The van der Waals surface area contributed by atoms with Gasteiger partial charge in [-0.15, -0.1) is 11.3 Å². The number of rotatable bonds is 6. The quantitative estimate of drug-likeness (QED) is 0.205. The zero-order valence-corrected chi connectivity index (χ0v) is 22.4. The van der Waals surface area contributed by atoms with E-state index in [0.717, 1.165) is 50.1 Å². The molecule has 7 rings (SSSR count). The van der Waals surface area contributed by atoms with E-state index < -0.39 is 0 Å². The van der Waals surface area contributed by atoms with Crippen molar-refractivity contribution in [2.24, 2.45) is 0 Å². The van der Waals surface area contributed by atoms with Crippen LogP contribution in [0.4, 0.5) is 5.69 Å². The number of aromatic amines is 2. The lowest BCUT2D eigenvalue weighted by molar-refractivity contribution is -0.115.